The molecule has 2 unspecified atom stereocenters. The van der Waals surface area contributed by atoms with Gasteiger partial charge in [-0.15, -0.1) is 0 Å². The number of amides is 1. The number of hydrogen-bond donors (Lipinski definition) is 1. The molecule has 3 aromatic heterocycles. The monoisotopic (exact) mass is 743 g/mol. The third-order valence-corrected chi connectivity index (χ3v) is 12.4. The summed E-state index contributed by atoms with van der Waals surface area (Å²) in [4.78, 5) is 28.5. The summed E-state index contributed by atoms with van der Waals surface area (Å²) < 4.78 is 0. The summed E-state index contributed by atoms with van der Waals surface area (Å²) in [5.41, 5.74) is 11.9. The number of nitrogens with one attached hydrogen (secondary N) is 1. The second-order valence-electron chi connectivity index (χ2n) is 15.1. The minimum Gasteiger partial charge on any atom is -0.342 e. The molecule has 53 heavy (non-hydrogen) atoms. The Morgan fingerprint density at radius 1 is 0.642 bits per heavy atom. The van der Waals surface area contributed by atoms with Crippen molar-refractivity contribution in [2.45, 2.75) is 69.6 Å². The van der Waals surface area contributed by atoms with Crippen LogP contribution in [0, 0.1) is 11.8 Å². The Hall–Kier alpha value is -4.10. The van der Waals surface area contributed by atoms with Gasteiger partial charge in [0.2, 0.25) is 5.91 Å². The van der Waals surface area contributed by atoms with Crippen LogP contribution in [0.25, 0.3) is 0 Å². The number of hydrogen-bond acceptors (Lipinski definition) is 5. The van der Waals surface area contributed by atoms with Crippen molar-refractivity contribution in [3.63, 3.8) is 0 Å². The topological polar surface area (TPSA) is 71.0 Å². The van der Waals surface area contributed by atoms with Crippen molar-refractivity contribution in [3.8, 4) is 0 Å². The minimum atomic E-state index is 0.205. The lowest BCUT2D eigenvalue weighted by molar-refractivity contribution is -0.131. The first-order valence-electron chi connectivity index (χ1n) is 19.3. The van der Waals surface area contributed by atoms with E-state index >= 15 is 0 Å². The van der Waals surface area contributed by atoms with Gasteiger partial charge in [0.1, 0.15) is 0 Å². The molecule has 272 valence electrons. The molecule has 1 amide bonds. The summed E-state index contributed by atoms with van der Waals surface area (Å²) in [7, 11) is 0. The predicted molar refractivity (Wildman–Crippen MR) is 213 cm³/mol. The molecule has 0 spiro atoms. The number of aromatic nitrogens is 3. The molecular formula is C45H47Cl2N5O. The molecule has 9 rings (SSSR count). The van der Waals surface area contributed by atoms with Crippen LogP contribution in [0.4, 0.5) is 0 Å². The van der Waals surface area contributed by atoms with Gasteiger partial charge < -0.3 is 10.2 Å². The number of piperidine rings is 2. The highest BCUT2D eigenvalue weighted by molar-refractivity contribution is 6.31. The van der Waals surface area contributed by atoms with Gasteiger partial charge in [-0.05, 0) is 164 Å². The van der Waals surface area contributed by atoms with Gasteiger partial charge in [0.25, 0.3) is 0 Å². The quantitative estimate of drug-likeness (QED) is 0.199. The lowest BCUT2D eigenvalue weighted by Gasteiger charge is -2.37. The Kier molecular flexibility index (Phi) is 11.2. The number of carbonyl (C=O) groups is 1. The van der Waals surface area contributed by atoms with E-state index in [-0.39, 0.29) is 11.8 Å². The Labute approximate surface area is 323 Å². The van der Waals surface area contributed by atoms with Gasteiger partial charge in [-0.25, -0.2) is 0 Å². The minimum absolute atomic E-state index is 0.205. The first-order valence-corrected chi connectivity index (χ1v) is 20.1. The average Bonchev–Trinajstić information content (AvgIpc) is 3.46. The fourth-order valence-electron chi connectivity index (χ4n) is 9.31. The molecule has 0 bridgehead atoms. The Bertz CT molecular complexity index is 2040. The molecule has 6 nitrogen and oxygen atoms in total. The maximum Gasteiger partial charge on any atom is 0.226 e. The molecule has 0 saturated carbocycles. The van der Waals surface area contributed by atoms with Crippen molar-refractivity contribution < 1.29 is 4.79 Å². The van der Waals surface area contributed by atoms with Crippen molar-refractivity contribution in [1.82, 2.24) is 25.2 Å². The number of pyridine rings is 3. The zero-order chi connectivity index (χ0) is 36.1. The number of aryl methyl sites for hydroxylation is 4. The SMILES string of the molecule is Clc1ccc2c(c1)CCc1cccnc1C2C1CCNCC1.O=C(Cc1ccncc1)N1CCC(C2c3ccc(Cl)cc3CCc3cccnc32)CC1. The van der Waals surface area contributed by atoms with Crippen LogP contribution in [0.1, 0.15) is 87.9 Å². The van der Waals surface area contributed by atoms with E-state index in [4.69, 9.17) is 33.2 Å². The lowest BCUT2D eigenvalue weighted by atomic mass is 9.76. The van der Waals surface area contributed by atoms with Crippen molar-refractivity contribution in [3.05, 3.63) is 158 Å². The van der Waals surface area contributed by atoms with Crippen LogP contribution in [0.15, 0.2) is 97.6 Å². The van der Waals surface area contributed by atoms with E-state index in [1.54, 1.807) is 12.4 Å². The molecular weight excluding hydrogens is 697 g/mol. The zero-order valence-corrected chi connectivity index (χ0v) is 31.7. The van der Waals surface area contributed by atoms with Crippen LogP contribution in [0.3, 0.4) is 0 Å². The number of likely N-dealkylation sites (tertiary alicyclic amines) is 1. The highest BCUT2D eigenvalue weighted by Crippen LogP contribution is 2.44. The van der Waals surface area contributed by atoms with Crippen molar-refractivity contribution in [1.29, 1.82) is 0 Å². The van der Waals surface area contributed by atoms with Gasteiger partial charge in [-0.3, -0.25) is 19.7 Å². The van der Waals surface area contributed by atoms with Crippen molar-refractivity contribution in [2.75, 3.05) is 26.2 Å². The van der Waals surface area contributed by atoms with Crippen LogP contribution < -0.4 is 5.32 Å². The van der Waals surface area contributed by atoms with E-state index in [0.29, 0.717) is 24.2 Å². The number of halogens is 2. The van der Waals surface area contributed by atoms with Gasteiger partial charge in [-0.2, -0.15) is 0 Å². The molecule has 2 aliphatic carbocycles. The summed E-state index contributed by atoms with van der Waals surface area (Å²) >= 11 is 12.6. The van der Waals surface area contributed by atoms with E-state index in [9.17, 15) is 4.79 Å². The summed E-state index contributed by atoms with van der Waals surface area (Å²) in [6, 6.07) is 25.2. The number of nitrogens with zero attached hydrogens (tertiary/aromatic N) is 4. The maximum atomic E-state index is 12.8. The molecule has 2 aromatic carbocycles. The zero-order valence-electron chi connectivity index (χ0n) is 30.2. The van der Waals surface area contributed by atoms with Crippen molar-refractivity contribution >= 4 is 29.1 Å². The van der Waals surface area contributed by atoms with Crippen LogP contribution in [-0.2, 0) is 36.9 Å². The first kappa shape index (κ1) is 35.9. The number of rotatable bonds is 4. The molecule has 2 fully saturated rings. The third-order valence-electron chi connectivity index (χ3n) is 12.0. The Morgan fingerprint density at radius 2 is 1.15 bits per heavy atom. The predicted octanol–water partition coefficient (Wildman–Crippen LogP) is 8.81. The van der Waals surface area contributed by atoms with Gasteiger partial charge in [0.05, 0.1) is 17.8 Å². The summed E-state index contributed by atoms with van der Waals surface area (Å²) in [5.74, 6) is 2.04. The summed E-state index contributed by atoms with van der Waals surface area (Å²) in [6.07, 6.45) is 16.4. The molecule has 2 atom stereocenters. The molecule has 0 radical (unpaired) electrons. The largest absolute Gasteiger partial charge is 0.342 e. The molecule has 5 aromatic rings. The average molecular weight is 745 g/mol. The molecule has 2 aliphatic heterocycles. The normalized spacial score (nSPS) is 20.0. The smallest absolute Gasteiger partial charge is 0.226 e. The Balaban J connectivity index is 0.000000160. The van der Waals surface area contributed by atoms with Gasteiger partial charge in [0.15, 0.2) is 0 Å². The first-order chi connectivity index (χ1) is 26.0. The molecule has 4 aliphatic rings. The van der Waals surface area contributed by atoms with E-state index in [0.717, 1.165) is 80.3 Å². The van der Waals surface area contributed by atoms with Crippen molar-refractivity contribution in [2.24, 2.45) is 11.8 Å². The molecule has 2 saturated heterocycles. The van der Waals surface area contributed by atoms with Crippen LogP contribution >= 0.6 is 23.2 Å². The molecule has 1 N–H and O–H groups in total. The fourth-order valence-corrected chi connectivity index (χ4v) is 9.70. The van der Waals surface area contributed by atoms with Crippen LogP contribution in [0.5, 0.6) is 0 Å². The Morgan fingerprint density at radius 3 is 1.70 bits per heavy atom. The lowest BCUT2D eigenvalue weighted by Crippen LogP contribution is -2.40. The third kappa shape index (κ3) is 8.06. The molecule has 5 heterocycles. The number of carbonyl (C=O) groups excluding carboxylic acids is 1. The highest BCUT2D eigenvalue weighted by atomic mass is 35.5. The van der Waals surface area contributed by atoms with E-state index in [1.807, 2.05) is 47.6 Å². The van der Waals surface area contributed by atoms with E-state index < -0.39 is 0 Å². The second-order valence-corrected chi connectivity index (χ2v) is 15.9. The second kappa shape index (κ2) is 16.5. The fraction of sp³-hybridized carbons (Fsp3) is 0.378. The van der Waals surface area contributed by atoms with Gasteiger partial charge in [0, 0.05) is 59.8 Å². The number of fused-ring (bicyclic) bond motifs is 4. The van der Waals surface area contributed by atoms with Crippen LogP contribution in [-0.4, -0.2) is 51.9 Å². The summed E-state index contributed by atoms with van der Waals surface area (Å²) in [5, 5.41) is 5.13. The molecule has 8 heteroatoms. The highest BCUT2D eigenvalue weighted by Gasteiger charge is 2.35. The standard InChI is InChI=1S/C26H26ClN3O.C19H21ClN2/c27-22-5-6-23-21(17-22)4-3-20-2-1-11-29-26(20)25(23)19-9-14-30(15-10-19)24(31)16-18-7-12-28-13-8-18;20-16-5-6-17-15(12-16)4-3-14-2-1-9-22-19(14)18(17)13-7-10-21-11-8-13/h1-2,5-8,11-13,17,19,25H,3-4,9-10,14-16H2;1-2,5-6,9,12-13,18,21H,3-4,7-8,10-11H2. The van der Waals surface area contributed by atoms with Crippen LogP contribution in [0.2, 0.25) is 10.0 Å². The van der Waals surface area contributed by atoms with Gasteiger partial charge in [-0.1, -0.05) is 47.5 Å². The number of benzene rings is 2. The van der Waals surface area contributed by atoms with E-state index in [2.05, 4.69) is 52.8 Å². The maximum absolute atomic E-state index is 12.8. The van der Waals surface area contributed by atoms with Gasteiger partial charge >= 0.3 is 0 Å². The van der Waals surface area contributed by atoms with E-state index in [1.165, 1.54) is 57.6 Å². The summed E-state index contributed by atoms with van der Waals surface area (Å²) in [6.45, 7) is 3.84.